The highest BCUT2D eigenvalue weighted by atomic mass is 16.3. The van der Waals surface area contributed by atoms with E-state index in [9.17, 15) is 9.90 Å². The minimum Gasteiger partial charge on any atom is -0.388 e. The Morgan fingerprint density at radius 2 is 2.29 bits per heavy atom. The number of nitrogens with zero attached hydrogens (tertiary/aromatic N) is 4. The Bertz CT molecular complexity index is 578. The van der Waals surface area contributed by atoms with Gasteiger partial charge in [0, 0.05) is 12.7 Å². The molecule has 0 bridgehead atoms. The maximum absolute atomic E-state index is 12.0. The molecule has 2 aromatic heterocycles. The molecule has 0 radical (unpaired) electrons. The van der Waals surface area contributed by atoms with Gasteiger partial charge in [-0.05, 0) is 25.5 Å². The Kier molecular flexibility index (Phi) is 4.64. The quantitative estimate of drug-likeness (QED) is 0.825. The second-order valence-electron chi connectivity index (χ2n) is 5.17. The number of amides is 1. The second-order valence-corrected chi connectivity index (χ2v) is 5.17. The molecule has 2 rings (SSSR count). The van der Waals surface area contributed by atoms with Gasteiger partial charge < -0.3 is 10.4 Å². The van der Waals surface area contributed by atoms with E-state index >= 15 is 0 Å². The monoisotopic (exact) mass is 289 g/mol. The summed E-state index contributed by atoms with van der Waals surface area (Å²) in [4.78, 5) is 20.0. The lowest BCUT2D eigenvalue weighted by Crippen LogP contribution is -2.40. The fourth-order valence-corrected chi connectivity index (χ4v) is 1.98. The summed E-state index contributed by atoms with van der Waals surface area (Å²) in [5.74, 6) is 0.325. The zero-order valence-electron chi connectivity index (χ0n) is 12.2. The highest BCUT2D eigenvalue weighted by molar-refractivity contribution is 5.93. The predicted molar refractivity (Wildman–Crippen MR) is 77.0 cm³/mol. The van der Waals surface area contributed by atoms with Crippen LogP contribution < -0.4 is 5.32 Å². The van der Waals surface area contributed by atoms with Crippen molar-refractivity contribution in [2.75, 3.05) is 6.54 Å². The van der Waals surface area contributed by atoms with Gasteiger partial charge in [0.05, 0.1) is 11.2 Å². The number of hydrogen-bond donors (Lipinski definition) is 2. The molecule has 1 atom stereocenters. The largest absolute Gasteiger partial charge is 0.388 e. The van der Waals surface area contributed by atoms with Crippen LogP contribution in [0.1, 0.15) is 37.0 Å². The summed E-state index contributed by atoms with van der Waals surface area (Å²) in [6.45, 7) is 3.91. The Hall–Kier alpha value is -2.28. The molecule has 2 aromatic rings. The van der Waals surface area contributed by atoms with E-state index in [0.717, 1.165) is 6.42 Å². The zero-order chi connectivity index (χ0) is 15.3. The van der Waals surface area contributed by atoms with E-state index < -0.39 is 5.60 Å². The Morgan fingerprint density at radius 3 is 2.86 bits per heavy atom. The maximum atomic E-state index is 12.0. The molecule has 1 unspecified atom stereocenters. The van der Waals surface area contributed by atoms with Crippen molar-refractivity contribution in [3.63, 3.8) is 0 Å². The average molecular weight is 289 g/mol. The summed E-state index contributed by atoms with van der Waals surface area (Å²) in [5.41, 5.74) is -0.454. The number of aromatic nitrogens is 4. The molecule has 0 aromatic carbocycles. The average Bonchev–Trinajstić information content (AvgIpc) is 2.99. The zero-order valence-corrected chi connectivity index (χ0v) is 12.2. The lowest BCUT2D eigenvalue weighted by Gasteiger charge is -2.22. The van der Waals surface area contributed by atoms with Crippen LogP contribution in [0, 0.1) is 0 Å². The van der Waals surface area contributed by atoms with Crippen molar-refractivity contribution in [1.29, 1.82) is 0 Å². The van der Waals surface area contributed by atoms with E-state index in [0.29, 0.717) is 17.8 Å². The van der Waals surface area contributed by atoms with E-state index in [1.54, 1.807) is 19.1 Å². The fourth-order valence-electron chi connectivity index (χ4n) is 1.98. The Morgan fingerprint density at radius 1 is 1.48 bits per heavy atom. The SMILES string of the molecule is CCCC(C)(O)CNC(=O)c1ccc(-n2cncn2)nc1. The minimum absolute atomic E-state index is 0.213. The Balaban J connectivity index is 1.97. The van der Waals surface area contributed by atoms with Gasteiger partial charge in [-0.25, -0.2) is 14.6 Å². The normalized spacial score (nSPS) is 13.7. The molecule has 0 aliphatic rings. The van der Waals surface area contributed by atoms with E-state index in [1.807, 2.05) is 6.92 Å². The first-order valence-corrected chi connectivity index (χ1v) is 6.83. The number of aliphatic hydroxyl groups is 1. The number of nitrogens with one attached hydrogen (secondary N) is 1. The van der Waals surface area contributed by atoms with Gasteiger partial charge in [0.2, 0.25) is 0 Å². The van der Waals surface area contributed by atoms with Crippen molar-refractivity contribution in [2.24, 2.45) is 0 Å². The molecule has 1 amide bonds. The van der Waals surface area contributed by atoms with Gasteiger partial charge in [-0.15, -0.1) is 0 Å². The van der Waals surface area contributed by atoms with Crippen LogP contribution in [-0.2, 0) is 0 Å². The summed E-state index contributed by atoms with van der Waals surface area (Å²) in [6, 6.07) is 3.35. The van der Waals surface area contributed by atoms with Crippen molar-refractivity contribution in [1.82, 2.24) is 25.1 Å². The van der Waals surface area contributed by atoms with Crippen molar-refractivity contribution < 1.29 is 9.90 Å². The summed E-state index contributed by atoms with van der Waals surface area (Å²) in [5, 5.41) is 16.7. The van der Waals surface area contributed by atoms with Gasteiger partial charge >= 0.3 is 0 Å². The smallest absolute Gasteiger partial charge is 0.252 e. The van der Waals surface area contributed by atoms with Gasteiger partial charge in [0.25, 0.3) is 5.91 Å². The molecular weight excluding hydrogens is 270 g/mol. The number of rotatable bonds is 6. The summed E-state index contributed by atoms with van der Waals surface area (Å²) in [7, 11) is 0. The first-order valence-electron chi connectivity index (χ1n) is 6.83. The van der Waals surface area contributed by atoms with Crippen LogP contribution in [0.4, 0.5) is 0 Å². The van der Waals surface area contributed by atoms with Gasteiger partial charge in [-0.3, -0.25) is 4.79 Å². The molecule has 0 fully saturated rings. The number of pyridine rings is 1. The lowest BCUT2D eigenvalue weighted by atomic mass is 10.0. The third-order valence-corrected chi connectivity index (χ3v) is 3.08. The van der Waals surface area contributed by atoms with E-state index in [1.165, 1.54) is 23.5 Å². The van der Waals surface area contributed by atoms with Crippen LogP contribution >= 0.6 is 0 Å². The van der Waals surface area contributed by atoms with Crippen LogP contribution in [-0.4, -0.2) is 42.9 Å². The van der Waals surface area contributed by atoms with Crippen molar-refractivity contribution in [2.45, 2.75) is 32.3 Å². The molecule has 0 aliphatic heterocycles. The molecule has 21 heavy (non-hydrogen) atoms. The highest BCUT2D eigenvalue weighted by Gasteiger charge is 2.20. The molecule has 0 saturated heterocycles. The molecular formula is C14H19N5O2. The fraction of sp³-hybridized carbons (Fsp3) is 0.429. The van der Waals surface area contributed by atoms with Crippen LogP contribution in [0.5, 0.6) is 0 Å². The first kappa shape index (κ1) is 15.1. The van der Waals surface area contributed by atoms with E-state index in [2.05, 4.69) is 20.4 Å². The molecule has 0 spiro atoms. The molecule has 0 saturated carbocycles. The van der Waals surface area contributed by atoms with E-state index in [-0.39, 0.29) is 12.5 Å². The van der Waals surface area contributed by atoms with Crippen LogP contribution in [0.3, 0.4) is 0 Å². The molecule has 0 aliphatic carbocycles. The van der Waals surface area contributed by atoms with Crippen molar-refractivity contribution in [3.05, 3.63) is 36.5 Å². The number of carbonyl (C=O) groups is 1. The van der Waals surface area contributed by atoms with E-state index in [4.69, 9.17) is 0 Å². The number of carbonyl (C=O) groups excluding carboxylic acids is 1. The minimum atomic E-state index is -0.890. The second kappa shape index (κ2) is 6.45. The van der Waals surface area contributed by atoms with Crippen molar-refractivity contribution >= 4 is 5.91 Å². The molecule has 112 valence electrons. The van der Waals surface area contributed by atoms with Gasteiger partial charge in [-0.2, -0.15) is 5.10 Å². The first-order chi connectivity index (χ1) is 10.0. The number of hydrogen-bond acceptors (Lipinski definition) is 5. The van der Waals surface area contributed by atoms with Crippen LogP contribution in [0.15, 0.2) is 31.0 Å². The lowest BCUT2D eigenvalue weighted by molar-refractivity contribution is 0.0469. The van der Waals surface area contributed by atoms with Gasteiger partial charge in [-0.1, -0.05) is 13.3 Å². The predicted octanol–water partition coefficient (Wildman–Crippen LogP) is 0.943. The third kappa shape index (κ3) is 4.09. The van der Waals surface area contributed by atoms with Crippen LogP contribution in [0.25, 0.3) is 5.82 Å². The summed E-state index contributed by atoms with van der Waals surface area (Å²) in [6.07, 6.45) is 5.91. The summed E-state index contributed by atoms with van der Waals surface area (Å²) >= 11 is 0. The third-order valence-electron chi connectivity index (χ3n) is 3.08. The maximum Gasteiger partial charge on any atom is 0.252 e. The van der Waals surface area contributed by atoms with Gasteiger partial charge in [0.1, 0.15) is 12.7 Å². The van der Waals surface area contributed by atoms with Crippen molar-refractivity contribution in [3.8, 4) is 5.82 Å². The standard InChI is InChI=1S/C14H19N5O2/c1-3-6-14(2,21)8-17-13(20)11-4-5-12(16-7-11)19-10-15-9-18-19/h4-5,7,9-10,21H,3,6,8H2,1-2H3,(H,17,20). The Labute approximate surface area is 123 Å². The highest BCUT2D eigenvalue weighted by Crippen LogP contribution is 2.10. The van der Waals surface area contributed by atoms with Gasteiger partial charge in [0.15, 0.2) is 5.82 Å². The molecule has 2 heterocycles. The molecule has 2 N–H and O–H groups in total. The molecule has 7 heteroatoms. The van der Waals surface area contributed by atoms with Crippen LogP contribution in [0.2, 0.25) is 0 Å². The summed E-state index contributed by atoms with van der Waals surface area (Å²) < 4.78 is 1.51. The topological polar surface area (TPSA) is 92.9 Å². The molecule has 7 nitrogen and oxygen atoms in total.